The second-order valence-corrected chi connectivity index (χ2v) is 5.58. The fourth-order valence-corrected chi connectivity index (χ4v) is 2.35. The lowest BCUT2D eigenvalue weighted by Gasteiger charge is -2.15. The van der Waals surface area contributed by atoms with Gasteiger partial charge >= 0.3 is 0 Å². The Bertz CT molecular complexity index is 551. The van der Waals surface area contributed by atoms with E-state index in [-0.39, 0.29) is 36.8 Å². The van der Waals surface area contributed by atoms with Gasteiger partial charge in [-0.15, -0.1) is 0 Å². The van der Waals surface area contributed by atoms with E-state index in [9.17, 15) is 9.59 Å². The topological polar surface area (TPSA) is 72.6 Å². The van der Waals surface area contributed by atoms with Crippen LogP contribution in [0.1, 0.15) is 19.4 Å². The molecule has 1 aliphatic heterocycles. The summed E-state index contributed by atoms with van der Waals surface area (Å²) in [6, 6.07) is 7.06. The molecule has 6 heteroatoms. The van der Waals surface area contributed by atoms with E-state index >= 15 is 0 Å². The number of carbonyl (C=O) groups is 2. The van der Waals surface area contributed by atoms with Gasteiger partial charge in [0.25, 0.3) is 0 Å². The van der Waals surface area contributed by atoms with Crippen molar-refractivity contribution >= 4 is 29.0 Å². The number of carbonyl (C=O) groups excluding carboxylic acids is 2. The lowest BCUT2D eigenvalue weighted by atomic mass is 10.00. The average molecular weight is 306 g/mol. The first-order chi connectivity index (χ1) is 9.91. The largest absolute Gasteiger partial charge is 0.492 e. The molecule has 2 N–H and O–H groups in total. The Labute approximate surface area is 129 Å². The number of rotatable bonds is 5. The van der Waals surface area contributed by atoms with Gasteiger partial charge < -0.3 is 10.5 Å². The highest BCUT2D eigenvalue weighted by atomic mass is 32.1. The fourth-order valence-electron chi connectivity index (χ4n) is 2.22. The number of thiocarbonyl (C=S) groups is 1. The minimum Gasteiger partial charge on any atom is -0.492 e. The lowest BCUT2D eigenvalue weighted by Crippen LogP contribution is -2.34. The number of amides is 2. The van der Waals surface area contributed by atoms with E-state index in [4.69, 9.17) is 22.7 Å². The molecule has 1 saturated heterocycles. The predicted octanol–water partition coefficient (Wildman–Crippen LogP) is 1.34. The van der Waals surface area contributed by atoms with Crippen LogP contribution in [0, 0.1) is 11.8 Å². The molecular weight excluding hydrogens is 288 g/mol. The quantitative estimate of drug-likeness (QED) is 0.656. The number of ether oxygens (including phenoxy) is 1. The Hall–Kier alpha value is -1.95. The minimum absolute atomic E-state index is 0.125. The molecule has 1 aromatic rings. The zero-order valence-electron chi connectivity index (χ0n) is 12.0. The van der Waals surface area contributed by atoms with Crippen LogP contribution >= 0.6 is 12.2 Å². The maximum absolute atomic E-state index is 11.9. The van der Waals surface area contributed by atoms with E-state index < -0.39 is 0 Å². The van der Waals surface area contributed by atoms with Crippen LogP contribution in [0.4, 0.5) is 0 Å². The molecule has 2 unspecified atom stereocenters. The standard InChI is InChI=1S/C15H18N2O3S/c1-9-10(2)15(19)17(14(9)18)7-8-20-12-5-3-11(4-6-12)13(16)21/h3-6,9-10H,7-8H2,1-2H3,(H2,16,21). The van der Waals surface area contributed by atoms with Gasteiger partial charge in [-0.1, -0.05) is 26.1 Å². The highest BCUT2D eigenvalue weighted by Gasteiger charge is 2.41. The summed E-state index contributed by atoms with van der Waals surface area (Å²) in [5.41, 5.74) is 6.28. The van der Waals surface area contributed by atoms with Crippen LogP contribution in [0.5, 0.6) is 5.75 Å². The number of hydrogen-bond donors (Lipinski definition) is 1. The predicted molar refractivity (Wildman–Crippen MR) is 82.9 cm³/mol. The van der Waals surface area contributed by atoms with Gasteiger partial charge in [-0.2, -0.15) is 0 Å². The van der Waals surface area contributed by atoms with Crippen LogP contribution in [0.2, 0.25) is 0 Å². The van der Waals surface area contributed by atoms with E-state index in [0.717, 1.165) is 5.56 Å². The molecule has 2 atom stereocenters. The van der Waals surface area contributed by atoms with Crippen LogP contribution in [-0.2, 0) is 9.59 Å². The summed E-state index contributed by atoms with van der Waals surface area (Å²) < 4.78 is 5.54. The highest BCUT2D eigenvalue weighted by molar-refractivity contribution is 7.80. The monoisotopic (exact) mass is 306 g/mol. The van der Waals surface area contributed by atoms with Gasteiger partial charge in [0.1, 0.15) is 17.3 Å². The zero-order chi connectivity index (χ0) is 15.6. The Kier molecular flexibility index (Phi) is 4.57. The third kappa shape index (κ3) is 3.21. The molecule has 1 fully saturated rings. The number of likely N-dealkylation sites (tertiary alicyclic amines) is 1. The fraction of sp³-hybridized carbons (Fsp3) is 0.400. The van der Waals surface area contributed by atoms with Crippen molar-refractivity contribution in [1.82, 2.24) is 4.90 Å². The molecule has 5 nitrogen and oxygen atoms in total. The number of imide groups is 1. The Morgan fingerprint density at radius 1 is 1.19 bits per heavy atom. The average Bonchev–Trinajstić information content (AvgIpc) is 2.65. The molecule has 1 aromatic carbocycles. The molecule has 112 valence electrons. The maximum atomic E-state index is 11.9. The number of nitrogens with zero attached hydrogens (tertiary/aromatic N) is 1. The van der Waals surface area contributed by atoms with Crippen molar-refractivity contribution in [3.8, 4) is 5.75 Å². The number of hydrogen-bond acceptors (Lipinski definition) is 4. The first-order valence-corrected chi connectivity index (χ1v) is 7.20. The summed E-state index contributed by atoms with van der Waals surface area (Å²) in [5, 5.41) is 0. The van der Waals surface area contributed by atoms with E-state index in [1.54, 1.807) is 38.1 Å². The van der Waals surface area contributed by atoms with E-state index in [1.807, 2.05) is 0 Å². The summed E-state index contributed by atoms with van der Waals surface area (Å²) in [5.74, 6) is -0.0975. The van der Waals surface area contributed by atoms with Crippen molar-refractivity contribution in [3.63, 3.8) is 0 Å². The molecule has 1 aliphatic rings. The van der Waals surface area contributed by atoms with E-state index in [1.165, 1.54) is 4.90 Å². The van der Waals surface area contributed by atoms with Crippen LogP contribution in [0.25, 0.3) is 0 Å². The third-order valence-electron chi connectivity index (χ3n) is 3.78. The second-order valence-electron chi connectivity index (χ2n) is 5.14. The van der Waals surface area contributed by atoms with Crippen LogP contribution in [0.3, 0.4) is 0 Å². The van der Waals surface area contributed by atoms with Crippen molar-refractivity contribution in [2.24, 2.45) is 17.6 Å². The van der Waals surface area contributed by atoms with Gasteiger partial charge in [-0.05, 0) is 24.3 Å². The second kappa shape index (κ2) is 6.22. The van der Waals surface area contributed by atoms with Crippen molar-refractivity contribution < 1.29 is 14.3 Å². The SMILES string of the molecule is CC1C(=O)N(CCOc2ccc(C(N)=S)cc2)C(=O)C1C. The first-order valence-electron chi connectivity index (χ1n) is 6.79. The molecule has 1 heterocycles. The van der Waals surface area contributed by atoms with Crippen LogP contribution in [-0.4, -0.2) is 34.9 Å². The molecule has 0 bridgehead atoms. The summed E-state index contributed by atoms with van der Waals surface area (Å²) >= 11 is 4.87. The smallest absolute Gasteiger partial charge is 0.232 e. The summed E-state index contributed by atoms with van der Waals surface area (Å²) in [4.78, 5) is 25.4. The summed E-state index contributed by atoms with van der Waals surface area (Å²) in [6.07, 6.45) is 0. The number of benzene rings is 1. The summed E-state index contributed by atoms with van der Waals surface area (Å²) in [7, 11) is 0. The number of nitrogens with two attached hydrogens (primary N) is 1. The van der Waals surface area contributed by atoms with E-state index in [0.29, 0.717) is 10.7 Å². The van der Waals surface area contributed by atoms with Crippen LogP contribution in [0.15, 0.2) is 24.3 Å². The van der Waals surface area contributed by atoms with Crippen LogP contribution < -0.4 is 10.5 Å². The Balaban J connectivity index is 1.88. The normalized spacial score (nSPS) is 21.7. The molecule has 0 spiro atoms. The van der Waals surface area contributed by atoms with Crippen molar-refractivity contribution in [2.45, 2.75) is 13.8 Å². The van der Waals surface area contributed by atoms with Gasteiger partial charge in [0.05, 0.1) is 6.54 Å². The highest BCUT2D eigenvalue weighted by Crippen LogP contribution is 2.25. The Morgan fingerprint density at radius 2 is 1.71 bits per heavy atom. The third-order valence-corrected chi connectivity index (χ3v) is 4.02. The molecule has 0 aliphatic carbocycles. The van der Waals surface area contributed by atoms with Gasteiger partial charge in [0, 0.05) is 17.4 Å². The molecule has 21 heavy (non-hydrogen) atoms. The minimum atomic E-state index is -0.248. The van der Waals surface area contributed by atoms with E-state index in [2.05, 4.69) is 0 Å². The molecule has 2 amide bonds. The molecule has 0 saturated carbocycles. The van der Waals surface area contributed by atoms with Gasteiger partial charge in [-0.25, -0.2) is 0 Å². The van der Waals surface area contributed by atoms with Crippen molar-refractivity contribution in [2.75, 3.05) is 13.2 Å². The lowest BCUT2D eigenvalue weighted by molar-refractivity contribution is -0.140. The van der Waals surface area contributed by atoms with Crippen molar-refractivity contribution in [1.29, 1.82) is 0 Å². The summed E-state index contributed by atoms with van der Waals surface area (Å²) in [6.45, 7) is 4.09. The first kappa shape index (κ1) is 15.4. The van der Waals surface area contributed by atoms with Gasteiger partial charge in [0.2, 0.25) is 11.8 Å². The maximum Gasteiger partial charge on any atom is 0.232 e. The van der Waals surface area contributed by atoms with Gasteiger partial charge in [0.15, 0.2) is 0 Å². The zero-order valence-corrected chi connectivity index (χ0v) is 12.9. The molecule has 0 aromatic heterocycles. The van der Waals surface area contributed by atoms with Crippen molar-refractivity contribution in [3.05, 3.63) is 29.8 Å². The molecule has 2 rings (SSSR count). The Morgan fingerprint density at radius 3 is 2.19 bits per heavy atom. The van der Waals surface area contributed by atoms with Gasteiger partial charge in [-0.3, -0.25) is 14.5 Å². The molecule has 0 radical (unpaired) electrons. The molecular formula is C15H18N2O3S.